The van der Waals surface area contributed by atoms with E-state index in [9.17, 15) is 4.79 Å². The van der Waals surface area contributed by atoms with Crippen LogP contribution in [0.15, 0.2) is 41.7 Å². The van der Waals surface area contributed by atoms with Crippen LogP contribution in [0.25, 0.3) is 0 Å². The van der Waals surface area contributed by atoms with Gasteiger partial charge < -0.3 is 9.47 Å². The number of rotatable bonds is 3. The number of carbonyl (C=O) groups is 1. The Morgan fingerprint density at radius 2 is 1.95 bits per heavy atom. The number of hydrogen-bond donors (Lipinski definition) is 0. The van der Waals surface area contributed by atoms with Crippen LogP contribution in [0.1, 0.15) is 38.4 Å². The van der Waals surface area contributed by atoms with Gasteiger partial charge in [0.25, 0.3) is 0 Å². The minimum absolute atomic E-state index is 0.0102. The van der Waals surface area contributed by atoms with Gasteiger partial charge in [0.15, 0.2) is 5.78 Å². The monoisotopic (exact) mass is 286 g/mol. The normalized spacial score (nSPS) is 27.5. The van der Waals surface area contributed by atoms with Crippen molar-refractivity contribution in [1.29, 1.82) is 0 Å². The van der Waals surface area contributed by atoms with Gasteiger partial charge in [0.05, 0.1) is 12.5 Å². The van der Waals surface area contributed by atoms with Gasteiger partial charge in [0.2, 0.25) is 0 Å². The number of ether oxygens (including phenoxy) is 2. The third-order valence-electron chi connectivity index (χ3n) is 4.36. The van der Waals surface area contributed by atoms with Crippen molar-refractivity contribution in [3.63, 3.8) is 0 Å². The molecule has 112 valence electrons. The van der Waals surface area contributed by atoms with E-state index in [1.807, 2.05) is 18.2 Å². The summed E-state index contributed by atoms with van der Waals surface area (Å²) in [6.07, 6.45) is 1.32. The second-order valence-corrected chi connectivity index (χ2v) is 6.79. The molecule has 0 radical (unpaired) electrons. The fraction of sp³-hybridized carbons (Fsp3) is 0.500. The zero-order chi connectivity index (χ0) is 15.0. The van der Waals surface area contributed by atoms with Crippen molar-refractivity contribution in [2.45, 2.75) is 32.8 Å². The molecule has 1 heterocycles. The lowest BCUT2D eigenvalue weighted by Crippen LogP contribution is -2.27. The van der Waals surface area contributed by atoms with E-state index in [4.69, 9.17) is 9.47 Å². The molecule has 1 aromatic rings. The van der Waals surface area contributed by atoms with Crippen molar-refractivity contribution in [3.8, 4) is 0 Å². The molecule has 2 atom stereocenters. The van der Waals surface area contributed by atoms with Crippen LogP contribution in [0.3, 0.4) is 0 Å². The maximum absolute atomic E-state index is 12.6. The Kier molecular flexibility index (Phi) is 3.62. The van der Waals surface area contributed by atoms with Gasteiger partial charge >= 0.3 is 0 Å². The molecule has 0 unspecified atom stereocenters. The highest BCUT2D eigenvalue weighted by Crippen LogP contribution is 2.49. The zero-order valence-corrected chi connectivity index (χ0v) is 12.9. The highest BCUT2D eigenvalue weighted by molar-refractivity contribution is 5.98. The van der Waals surface area contributed by atoms with E-state index in [2.05, 4.69) is 26.0 Å². The number of Topliss-reactive ketones (excluding diaryl/α,β-unsaturated/α-hetero) is 1. The van der Waals surface area contributed by atoms with Crippen LogP contribution in [0.2, 0.25) is 0 Å². The van der Waals surface area contributed by atoms with Crippen LogP contribution in [-0.2, 0) is 14.3 Å². The molecule has 0 aromatic heterocycles. The molecule has 3 heteroatoms. The van der Waals surface area contributed by atoms with E-state index in [1.165, 1.54) is 0 Å². The van der Waals surface area contributed by atoms with E-state index in [-0.39, 0.29) is 23.2 Å². The van der Waals surface area contributed by atoms with Gasteiger partial charge in [-0.05, 0) is 11.0 Å². The van der Waals surface area contributed by atoms with E-state index in [1.54, 1.807) is 7.11 Å². The van der Waals surface area contributed by atoms with E-state index in [0.29, 0.717) is 13.0 Å². The quantitative estimate of drug-likeness (QED) is 0.850. The predicted octanol–water partition coefficient (Wildman–Crippen LogP) is 3.66. The first-order valence-corrected chi connectivity index (χ1v) is 7.48. The van der Waals surface area contributed by atoms with Crippen LogP contribution in [0.4, 0.5) is 0 Å². The lowest BCUT2D eigenvalue weighted by Gasteiger charge is -2.29. The molecule has 1 aliphatic carbocycles. The Hall–Kier alpha value is -1.61. The largest absolute Gasteiger partial charge is 0.489 e. The summed E-state index contributed by atoms with van der Waals surface area (Å²) in [6, 6.07) is 10.1. The summed E-state index contributed by atoms with van der Waals surface area (Å²) >= 11 is 0. The van der Waals surface area contributed by atoms with Crippen molar-refractivity contribution in [2.24, 2.45) is 11.3 Å². The topological polar surface area (TPSA) is 35.5 Å². The smallest absolute Gasteiger partial charge is 0.163 e. The summed E-state index contributed by atoms with van der Waals surface area (Å²) in [4.78, 5) is 12.6. The summed E-state index contributed by atoms with van der Waals surface area (Å²) in [7, 11) is 1.68. The molecule has 0 fully saturated rings. The van der Waals surface area contributed by atoms with Crippen molar-refractivity contribution in [2.75, 3.05) is 13.7 Å². The summed E-state index contributed by atoms with van der Waals surface area (Å²) in [5, 5.41) is 0. The van der Waals surface area contributed by atoms with Crippen molar-refractivity contribution >= 4 is 5.78 Å². The minimum Gasteiger partial charge on any atom is -0.489 e. The second kappa shape index (κ2) is 5.30. The Balaban J connectivity index is 1.96. The van der Waals surface area contributed by atoms with E-state index < -0.39 is 0 Å². The highest BCUT2D eigenvalue weighted by atomic mass is 16.5. The standard InChI is InChI=1S/C18H22O3/c1-18(2)9-14(19)16-13(11-20-3)17(21-15(16)10-18)12-7-5-4-6-8-12/h4-8,13,17H,9-11H2,1-3H3/t13-,17-/m0/s1. The summed E-state index contributed by atoms with van der Waals surface area (Å²) in [5.74, 6) is 1.12. The molecule has 0 spiro atoms. The SMILES string of the molecule is COC[C@H]1C2=C(CC(C)(C)CC2=O)O[C@H]1c1ccccc1. The summed E-state index contributed by atoms with van der Waals surface area (Å²) in [6.45, 7) is 4.77. The lowest BCUT2D eigenvalue weighted by molar-refractivity contribution is -0.118. The summed E-state index contributed by atoms with van der Waals surface area (Å²) < 4.78 is 11.6. The molecule has 1 aliphatic heterocycles. The average molecular weight is 286 g/mol. The Morgan fingerprint density at radius 1 is 1.24 bits per heavy atom. The molecule has 0 amide bonds. The van der Waals surface area contributed by atoms with Crippen LogP contribution >= 0.6 is 0 Å². The number of allylic oxidation sites excluding steroid dienone is 1. The Labute approximate surface area is 125 Å². The Bertz CT molecular complexity index is 571. The number of ketones is 1. The van der Waals surface area contributed by atoms with Crippen LogP contribution in [0, 0.1) is 11.3 Å². The van der Waals surface area contributed by atoms with Crippen LogP contribution < -0.4 is 0 Å². The molecule has 0 saturated carbocycles. The number of hydrogen-bond acceptors (Lipinski definition) is 3. The zero-order valence-electron chi connectivity index (χ0n) is 12.9. The second-order valence-electron chi connectivity index (χ2n) is 6.79. The van der Waals surface area contributed by atoms with Gasteiger partial charge in [-0.15, -0.1) is 0 Å². The number of benzene rings is 1. The van der Waals surface area contributed by atoms with Crippen molar-refractivity contribution in [1.82, 2.24) is 0 Å². The molecule has 3 nitrogen and oxygen atoms in total. The molecule has 0 bridgehead atoms. The van der Waals surface area contributed by atoms with Crippen LogP contribution in [-0.4, -0.2) is 19.5 Å². The maximum Gasteiger partial charge on any atom is 0.163 e. The van der Waals surface area contributed by atoms with Gasteiger partial charge in [-0.2, -0.15) is 0 Å². The fourth-order valence-electron chi connectivity index (χ4n) is 3.48. The van der Waals surface area contributed by atoms with Gasteiger partial charge in [0.1, 0.15) is 11.9 Å². The Morgan fingerprint density at radius 3 is 2.62 bits per heavy atom. The third-order valence-corrected chi connectivity index (χ3v) is 4.36. The average Bonchev–Trinajstić information content (AvgIpc) is 2.77. The van der Waals surface area contributed by atoms with Gasteiger partial charge in [-0.25, -0.2) is 0 Å². The first kappa shape index (κ1) is 14.3. The molecule has 21 heavy (non-hydrogen) atoms. The van der Waals surface area contributed by atoms with Crippen molar-refractivity contribution < 1.29 is 14.3 Å². The van der Waals surface area contributed by atoms with Gasteiger partial charge in [0, 0.05) is 25.5 Å². The number of methoxy groups -OCH3 is 1. The molecule has 3 rings (SSSR count). The number of carbonyl (C=O) groups excluding carboxylic acids is 1. The van der Waals surface area contributed by atoms with Gasteiger partial charge in [-0.3, -0.25) is 4.79 Å². The highest BCUT2D eigenvalue weighted by Gasteiger charge is 2.46. The molecule has 0 N–H and O–H groups in total. The molecule has 0 saturated heterocycles. The third kappa shape index (κ3) is 2.62. The van der Waals surface area contributed by atoms with E-state index in [0.717, 1.165) is 23.3 Å². The first-order chi connectivity index (χ1) is 10.0. The van der Waals surface area contributed by atoms with E-state index >= 15 is 0 Å². The molecule has 1 aromatic carbocycles. The molecular weight excluding hydrogens is 264 g/mol. The minimum atomic E-state index is -0.103. The molecular formula is C18H22O3. The van der Waals surface area contributed by atoms with Crippen LogP contribution in [0.5, 0.6) is 0 Å². The maximum atomic E-state index is 12.6. The predicted molar refractivity (Wildman–Crippen MR) is 80.7 cm³/mol. The first-order valence-electron chi connectivity index (χ1n) is 7.48. The van der Waals surface area contributed by atoms with Gasteiger partial charge in [-0.1, -0.05) is 44.2 Å². The fourth-order valence-corrected chi connectivity index (χ4v) is 3.48. The lowest BCUT2D eigenvalue weighted by atomic mass is 9.74. The van der Waals surface area contributed by atoms with Crippen molar-refractivity contribution in [3.05, 3.63) is 47.2 Å². The summed E-state index contributed by atoms with van der Waals surface area (Å²) in [5.41, 5.74) is 1.96. The molecule has 2 aliphatic rings.